The second-order valence-corrected chi connectivity index (χ2v) is 1.42. The van der Waals surface area contributed by atoms with Gasteiger partial charge in [-0.15, -0.1) is 4.20 Å². The van der Waals surface area contributed by atoms with Gasteiger partial charge in [0.15, 0.2) is 0 Å². The topological polar surface area (TPSA) is 57.5 Å². The Kier molecular flexibility index (Phi) is 12.0. The van der Waals surface area contributed by atoms with Gasteiger partial charge in [-0.1, -0.05) is 0 Å². The Balaban J connectivity index is -0.0000000267. The minimum atomic E-state index is -5.14. The maximum Gasteiger partial charge on any atom is 1.00 e. The quantitative estimate of drug-likeness (QED) is 0.298. The molecular weight excluding hydrogens is 160 g/mol. The van der Waals surface area contributed by atoms with Gasteiger partial charge in [0, 0.05) is 17.1 Å². The molecule has 0 heterocycles. The van der Waals surface area contributed by atoms with Crippen LogP contribution in [0.1, 0.15) is 1.43 Å². The Bertz CT molecular complexity index is 65.4. The van der Waals surface area contributed by atoms with Gasteiger partial charge in [-0.2, -0.15) is 0 Å². The largest absolute Gasteiger partial charge is 1.00 e. The maximum absolute atomic E-state index is 10.4. The van der Waals surface area contributed by atoms with Gasteiger partial charge < -0.3 is 1.43 Å². The average molecular weight is 163 g/mol. The number of hydrogen-bond donors (Lipinski definition) is 2. The third kappa shape index (κ3) is 136. The zero-order valence-corrected chi connectivity index (χ0v) is 5.58. The van der Waals surface area contributed by atoms with E-state index >= 15 is 0 Å². The SMILES string of the molecule is O=P(O)(O)F.[H-].[Li+].[Mn]. The first-order valence-electron chi connectivity index (χ1n) is 0.752. The van der Waals surface area contributed by atoms with Crippen molar-refractivity contribution in [3.63, 3.8) is 0 Å². The van der Waals surface area contributed by atoms with Crippen LogP contribution >= 0.6 is 7.91 Å². The molecule has 7 heavy (non-hydrogen) atoms. The van der Waals surface area contributed by atoms with Crippen LogP contribution in [-0.4, -0.2) is 9.79 Å². The van der Waals surface area contributed by atoms with Crippen LogP contribution < -0.4 is 18.9 Å². The third-order valence-electron chi connectivity index (χ3n) is 0. The summed E-state index contributed by atoms with van der Waals surface area (Å²) in [5.74, 6) is 0. The molecule has 0 aliphatic carbocycles. The van der Waals surface area contributed by atoms with Gasteiger partial charge in [0.25, 0.3) is 0 Å². The Morgan fingerprint density at radius 1 is 1.57 bits per heavy atom. The number of rotatable bonds is 0. The van der Waals surface area contributed by atoms with E-state index in [0.29, 0.717) is 0 Å². The molecule has 1 radical (unpaired) electrons. The van der Waals surface area contributed by atoms with Crippen LogP contribution in [0.2, 0.25) is 0 Å². The van der Waals surface area contributed by atoms with E-state index in [1.807, 2.05) is 0 Å². The van der Waals surface area contributed by atoms with Gasteiger partial charge in [-0.25, -0.2) is 4.57 Å². The van der Waals surface area contributed by atoms with Crippen molar-refractivity contribution in [1.82, 2.24) is 0 Å². The van der Waals surface area contributed by atoms with Gasteiger partial charge in [0.05, 0.1) is 0 Å². The molecule has 0 atom stereocenters. The minimum Gasteiger partial charge on any atom is -1.00 e. The van der Waals surface area contributed by atoms with Gasteiger partial charge in [0.1, 0.15) is 0 Å². The van der Waals surface area contributed by atoms with Crippen molar-refractivity contribution in [2.45, 2.75) is 0 Å². The van der Waals surface area contributed by atoms with Crippen LogP contribution in [0.5, 0.6) is 0 Å². The molecule has 0 amide bonds. The van der Waals surface area contributed by atoms with E-state index in [-0.39, 0.29) is 37.4 Å². The van der Waals surface area contributed by atoms with Crippen LogP contribution in [0.25, 0.3) is 0 Å². The molecule has 0 aromatic carbocycles. The normalized spacial score (nSPS) is 8.43. The predicted octanol–water partition coefficient (Wildman–Crippen LogP) is -2.84. The smallest absolute Gasteiger partial charge is 1.00 e. The fraction of sp³-hybridized carbons (Fsp3) is 0. The van der Waals surface area contributed by atoms with Gasteiger partial charge >= 0.3 is 26.8 Å². The Labute approximate surface area is 64.1 Å². The zero-order chi connectivity index (χ0) is 4.50. The molecule has 0 aromatic heterocycles. The molecular formula is H3FLiMnO3P. The first kappa shape index (κ1) is 15.7. The first-order chi connectivity index (χ1) is 2.00. The second kappa shape index (κ2) is 5.34. The van der Waals surface area contributed by atoms with E-state index in [4.69, 9.17) is 14.4 Å². The van der Waals surface area contributed by atoms with Crippen LogP contribution in [0.4, 0.5) is 4.20 Å². The van der Waals surface area contributed by atoms with Crippen molar-refractivity contribution in [3.05, 3.63) is 0 Å². The van der Waals surface area contributed by atoms with Gasteiger partial charge in [-0.05, 0) is 0 Å². The summed E-state index contributed by atoms with van der Waals surface area (Å²) in [6.45, 7) is 0. The average Bonchev–Trinajstić information content (AvgIpc) is 0.722. The molecule has 0 saturated carbocycles. The summed E-state index contributed by atoms with van der Waals surface area (Å²) in [7, 11) is -5.14. The van der Waals surface area contributed by atoms with Crippen LogP contribution in [0, 0.1) is 0 Å². The zero-order valence-electron chi connectivity index (χ0n) is 4.51. The molecule has 0 aromatic rings. The molecule has 0 fully saturated rings. The minimum absolute atomic E-state index is 0. The van der Waals surface area contributed by atoms with E-state index in [9.17, 15) is 4.20 Å². The molecule has 0 aliphatic rings. The Morgan fingerprint density at radius 3 is 1.57 bits per heavy atom. The number of halogens is 1. The van der Waals surface area contributed by atoms with Crippen molar-refractivity contribution >= 4 is 7.91 Å². The standard InChI is InChI=1S/FH2O3P.Li.Mn.H/c1-5(2,3)4;;;/h(H2,2,3,4);;;/q;+1;;-1. The monoisotopic (exact) mass is 163 g/mol. The van der Waals surface area contributed by atoms with E-state index in [0.717, 1.165) is 0 Å². The molecule has 0 rings (SSSR count). The fourth-order valence-electron chi connectivity index (χ4n) is 0. The Hall–Kier alpha value is 1.20. The van der Waals surface area contributed by atoms with Crippen LogP contribution in [0.15, 0.2) is 0 Å². The molecule has 0 aliphatic heterocycles. The molecule has 0 bridgehead atoms. The molecule has 7 heteroatoms. The van der Waals surface area contributed by atoms with Gasteiger partial charge in [-0.3, -0.25) is 9.79 Å². The number of hydrogen-bond acceptors (Lipinski definition) is 1. The third-order valence-corrected chi connectivity index (χ3v) is 0. The molecule has 0 unspecified atom stereocenters. The fourth-order valence-corrected chi connectivity index (χ4v) is 0. The van der Waals surface area contributed by atoms with E-state index in [1.165, 1.54) is 0 Å². The van der Waals surface area contributed by atoms with Gasteiger partial charge in [0.2, 0.25) is 0 Å². The summed E-state index contributed by atoms with van der Waals surface area (Å²) >= 11 is 0. The van der Waals surface area contributed by atoms with Crippen molar-refractivity contribution in [1.29, 1.82) is 0 Å². The molecule has 0 spiro atoms. The molecule has 41 valence electrons. The molecule has 3 nitrogen and oxygen atoms in total. The van der Waals surface area contributed by atoms with Crippen molar-refractivity contribution in [3.8, 4) is 0 Å². The summed E-state index contributed by atoms with van der Waals surface area (Å²) in [6.07, 6.45) is 0. The predicted molar refractivity (Wildman–Crippen MR) is 14.3 cm³/mol. The van der Waals surface area contributed by atoms with E-state index in [1.54, 1.807) is 0 Å². The summed E-state index contributed by atoms with van der Waals surface area (Å²) in [5.41, 5.74) is 0. The van der Waals surface area contributed by atoms with E-state index in [2.05, 4.69) is 0 Å². The van der Waals surface area contributed by atoms with Crippen LogP contribution in [0.3, 0.4) is 0 Å². The van der Waals surface area contributed by atoms with Crippen molar-refractivity contribution < 1.29 is 55.9 Å². The Morgan fingerprint density at radius 2 is 1.57 bits per heavy atom. The second-order valence-electron chi connectivity index (χ2n) is 0.473. The van der Waals surface area contributed by atoms with Crippen molar-refractivity contribution in [2.75, 3.05) is 0 Å². The van der Waals surface area contributed by atoms with Crippen molar-refractivity contribution in [2.24, 2.45) is 0 Å². The summed E-state index contributed by atoms with van der Waals surface area (Å²) in [5, 5.41) is 0. The summed E-state index contributed by atoms with van der Waals surface area (Å²) < 4.78 is 19.0. The molecule has 0 saturated heterocycles. The van der Waals surface area contributed by atoms with Crippen LogP contribution in [-0.2, 0) is 21.6 Å². The van der Waals surface area contributed by atoms with E-state index < -0.39 is 7.91 Å². The first-order valence-corrected chi connectivity index (χ1v) is 2.25. The summed E-state index contributed by atoms with van der Waals surface area (Å²) in [6, 6.07) is 0. The molecule has 2 N–H and O–H groups in total. The summed E-state index contributed by atoms with van der Waals surface area (Å²) in [4.78, 5) is 13.9. The maximum atomic E-state index is 10.4.